The third-order valence-electron chi connectivity index (χ3n) is 2.93. The maximum absolute atomic E-state index is 11.7. The number of carbonyl (C=O) groups is 1. The molecule has 1 aliphatic heterocycles. The van der Waals surface area contributed by atoms with Crippen LogP contribution in [0.2, 0.25) is 0 Å². The van der Waals surface area contributed by atoms with E-state index in [1.54, 1.807) is 0 Å². The molecule has 17 heavy (non-hydrogen) atoms. The van der Waals surface area contributed by atoms with Crippen LogP contribution in [0.15, 0.2) is 18.2 Å². The van der Waals surface area contributed by atoms with Crippen LogP contribution in [0.1, 0.15) is 17.5 Å². The molecule has 2 rings (SSSR count). The Morgan fingerprint density at radius 1 is 1.47 bits per heavy atom. The minimum atomic E-state index is -0.368. The Morgan fingerprint density at radius 3 is 3.00 bits per heavy atom. The van der Waals surface area contributed by atoms with Crippen molar-refractivity contribution in [2.24, 2.45) is 0 Å². The monoisotopic (exact) mass is 234 g/mol. The van der Waals surface area contributed by atoms with Crippen LogP contribution < -0.4 is 15.4 Å². The molecule has 1 amide bonds. The summed E-state index contributed by atoms with van der Waals surface area (Å²) in [6, 6.07) is 6.02. The van der Waals surface area contributed by atoms with E-state index in [4.69, 9.17) is 4.74 Å². The quantitative estimate of drug-likeness (QED) is 0.819. The molecule has 1 atom stereocenters. The van der Waals surface area contributed by atoms with E-state index in [1.807, 2.05) is 32.0 Å². The molecule has 1 saturated heterocycles. The highest BCUT2D eigenvalue weighted by molar-refractivity contribution is 5.71. The minimum absolute atomic E-state index is 0.188. The highest BCUT2D eigenvalue weighted by Crippen LogP contribution is 2.19. The molecular formula is C13H18N2O2. The van der Waals surface area contributed by atoms with E-state index in [9.17, 15) is 4.79 Å². The summed E-state index contributed by atoms with van der Waals surface area (Å²) in [6.07, 6.45) is 0.592. The van der Waals surface area contributed by atoms with Gasteiger partial charge in [-0.25, -0.2) is 4.79 Å². The number of carbonyl (C=O) groups excluding carboxylic acids is 1. The summed E-state index contributed by atoms with van der Waals surface area (Å²) < 4.78 is 5.31. The number of hydrogen-bond donors (Lipinski definition) is 2. The summed E-state index contributed by atoms with van der Waals surface area (Å²) in [4.78, 5) is 11.7. The lowest BCUT2D eigenvalue weighted by molar-refractivity contribution is 0.196. The van der Waals surface area contributed by atoms with E-state index in [0.717, 1.165) is 30.6 Å². The standard InChI is InChI=1S/C13H18N2O2/c1-9-3-4-10(2)12(7-9)17-13(16)15-11-5-6-14-8-11/h3-4,7,11,14H,5-6,8H2,1-2H3,(H,15,16). The summed E-state index contributed by atoms with van der Waals surface area (Å²) in [6.45, 7) is 5.68. The second-order valence-electron chi connectivity index (χ2n) is 4.49. The number of benzene rings is 1. The van der Waals surface area contributed by atoms with Gasteiger partial charge >= 0.3 is 6.09 Å². The Morgan fingerprint density at radius 2 is 2.29 bits per heavy atom. The Bertz CT molecular complexity index is 412. The fourth-order valence-electron chi connectivity index (χ4n) is 1.89. The zero-order valence-corrected chi connectivity index (χ0v) is 10.2. The first kappa shape index (κ1) is 11.9. The summed E-state index contributed by atoms with van der Waals surface area (Å²) in [7, 11) is 0. The van der Waals surface area contributed by atoms with Crippen molar-refractivity contribution in [2.75, 3.05) is 13.1 Å². The van der Waals surface area contributed by atoms with Crippen LogP contribution in [0.5, 0.6) is 5.75 Å². The molecule has 0 spiro atoms. The average Bonchev–Trinajstić information content (AvgIpc) is 2.76. The van der Waals surface area contributed by atoms with Gasteiger partial charge in [0.25, 0.3) is 0 Å². The summed E-state index contributed by atoms with van der Waals surface area (Å²) in [5, 5.41) is 6.04. The Labute approximate surface area is 101 Å². The van der Waals surface area contributed by atoms with Crippen LogP contribution in [-0.4, -0.2) is 25.2 Å². The van der Waals surface area contributed by atoms with E-state index >= 15 is 0 Å². The number of ether oxygens (including phenoxy) is 1. The molecule has 0 radical (unpaired) electrons. The second kappa shape index (κ2) is 5.19. The first-order chi connectivity index (χ1) is 8.15. The zero-order valence-electron chi connectivity index (χ0n) is 10.2. The molecule has 1 fully saturated rings. The fraction of sp³-hybridized carbons (Fsp3) is 0.462. The highest BCUT2D eigenvalue weighted by Gasteiger charge is 2.17. The molecule has 0 bridgehead atoms. The lowest BCUT2D eigenvalue weighted by atomic mass is 10.1. The molecular weight excluding hydrogens is 216 g/mol. The van der Waals surface area contributed by atoms with E-state index in [-0.39, 0.29) is 12.1 Å². The number of nitrogens with one attached hydrogen (secondary N) is 2. The second-order valence-corrected chi connectivity index (χ2v) is 4.49. The van der Waals surface area contributed by atoms with Crippen molar-refractivity contribution in [1.29, 1.82) is 0 Å². The van der Waals surface area contributed by atoms with Crippen molar-refractivity contribution in [3.8, 4) is 5.75 Å². The van der Waals surface area contributed by atoms with Crippen LogP contribution in [0.25, 0.3) is 0 Å². The molecule has 0 saturated carbocycles. The largest absolute Gasteiger partial charge is 0.412 e. The maximum Gasteiger partial charge on any atom is 0.412 e. The van der Waals surface area contributed by atoms with Gasteiger partial charge in [-0.3, -0.25) is 0 Å². The van der Waals surface area contributed by atoms with Crippen molar-refractivity contribution in [3.63, 3.8) is 0 Å². The number of aryl methyl sites for hydroxylation is 2. The van der Waals surface area contributed by atoms with Gasteiger partial charge < -0.3 is 15.4 Å². The van der Waals surface area contributed by atoms with Gasteiger partial charge in [-0.05, 0) is 44.0 Å². The molecule has 0 aliphatic carbocycles. The molecule has 1 aliphatic rings. The van der Waals surface area contributed by atoms with Gasteiger partial charge in [-0.2, -0.15) is 0 Å². The van der Waals surface area contributed by atoms with Crippen molar-refractivity contribution in [3.05, 3.63) is 29.3 Å². The van der Waals surface area contributed by atoms with E-state index in [1.165, 1.54) is 0 Å². The SMILES string of the molecule is Cc1ccc(C)c(OC(=O)NC2CCNC2)c1. The predicted octanol–water partition coefficient (Wildman–Crippen LogP) is 1.75. The summed E-state index contributed by atoms with van der Waals surface area (Å²) in [5.74, 6) is 0.633. The van der Waals surface area contributed by atoms with Gasteiger partial charge in [0, 0.05) is 12.6 Å². The van der Waals surface area contributed by atoms with Crippen molar-refractivity contribution < 1.29 is 9.53 Å². The van der Waals surface area contributed by atoms with Gasteiger partial charge in [0.1, 0.15) is 5.75 Å². The van der Waals surface area contributed by atoms with Crippen molar-refractivity contribution in [2.45, 2.75) is 26.3 Å². The molecule has 92 valence electrons. The van der Waals surface area contributed by atoms with Gasteiger partial charge in [0.15, 0.2) is 0 Å². The Kier molecular flexibility index (Phi) is 3.64. The first-order valence-corrected chi connectivity index (χ1v) is 5.91. The van der Waals surface area contributed by atoms with Crippen LogP contribution in [0.4, 0.5) is 4.79 Å². The van der Waals surface area contributed by atoms with Gasteiger partial charge in [0.05, 0.1) is 0 Å². The van der Waals surface area contributed by atoms with E-state index < -0.39 is 0 Å². The van der Waals surface area contributed by atoms with Crippen LogP contribution in [0.3, 0.4) is 0 Å². The predicted molar refractivity (Wildman–Crippen MR) is 66.4 cm³/mol. The maximum atomic E-state index is 11.7. The van der Waals surface area contributed by atoms with Crippen molar-refractivity contribution in [1.82, 2.24) is 10.6 Å². The molecule has 1 aromatic carbocycles. The third kappa shape index (κ3) is 3.20. The molecule has 4 nitrogen and oxygen atoms in total. The lowest BCUT2D eigenvalue weighted by Crippen LogP contribution is -2.38. The average molecular weight is 234 g/mol. The number of hydrogen-bond acceptors (Lipinski definition) is 3. The Balaban J connectivity index is 1.95. The fourth-order valence-corrected chi connectivity index (χ4v) is 1.89. The smallest absolute Gasteiger partial charge is 0.410 e. The van der Waals surface area contributed by atoms with Crippen LogP contribution in [0, 0.1) is 13.8 Å². The van der Waals surface area contributed by atoms with Gasteiger partial charge in [-0.1, -0.05) is 12.1 Å². The molecule has 1 unspecified atom stereocenters. The molecule has 2 N–H and O–H groups in total. The van der Waals surface area contributed by atoms with Gasteiger partial charge in [0.2, 0.25) is 0 Å². The van der Waals surface area contributed by atoms with Crippen LogP contribution in [-0.2, 0) is 0 Å². The van der Waals surface area contributed by atoms with E-state index in [0.29, 0.717) is 5.75 Å². The van der Waals surface area contributed by atoms with Crippen LogP contribution >= 0.6 is 0 Å². The number of rotatable bonds is 2. The Hall–Kier alpha value is -1.55. The molecule has 0 aromatic heterocycles. The first-order valence-electron chi connectivity index (χ1n) is 5.91. The third-order valence-corrected chi connectivity index (χ3v) is 2.93. The zero-order chi connectivity index (χ0) is 12.3. The lowest BCUT2D eigenvalue weighted by Gasteiger charge is -2.13. The molecule has 1 aromatic rings. The molecule has 4 heteroatoms. The number of amides is 1. The van der Waals surface area contributed by atoms with Crippen molar-refractivity contribution >= 4 is 6.09 Å². The minimum Gasteiger partial charge on any atom is -0.410 e. The topological polar surface area (TPSA) is 50.4 Å². The summed E-state index contributed by atoms with van der Waals surface area (Å²) >= 11 is 0. The summed E-state index contributed by atoms with van der Waals surface area (Å²) in [5.41, 5.74) is 2.05. The normalized spacial score (nSPS) is 19.1. The molecule has 1 heterocycles. The highest BCUT2D eigenvalue weighted by atomic mass is 16.6. The van der Waals surface area contributed by atoms with Gasteiger partial charge in [-0.15, -0.1) is 0 Å². The van der Waals surface area contributed by atoms with E-state index in [2.05, 4.69) is 10.6 Å².